The Kier molecular flexibility index (Phi) is 7.71. The summed E-state index contributed by atoms with van der Waals surface area (Å²) in [5.41, 5.74) is 19.6. The highest BCUT2D eigenvalue weighted by Crippen LogP contribution is 2.52. The number of nitrogens with zero attached hydrogens (tertiary/aromatic N) is 4. The SMILES string of the molecule is c1ccc(-n2c3ccccc3c3cc(-c4c5ccccc5cc5c6cccc7c8c9c%10cc%11ccccc%11c%11c%12cccc(-c%13ccc%14c(c%13)c%13ccccc%13n%14-c%13ccccc%13)c%12n(c9ccc8n(c45)c67)c%10%11)ccc32)cc1. The summed E-state index contributed by atoms with van der Waals surface area (Å²) in [7, 11) is 0. The molecule has 0 aliphatic carbocycles. The molecule has 78 heavy (non-hydrogen) atoms. The first-order valence-corrected chi connectivity index (χ1v) is 27.1. The first kappa shape index (κ1) is 40.9. The van der Waals surface area contributed by atoms with E-state index in [0.29, 0.717) is 0 Å². The largest absolute Gasteiger partial charge is 0.309 e. The predicted octanol–water partition coefficient (Wildman–Crippen LogP) is 19.8. The van der Waals surface area contributed by atoms with Crippen LogP contribution < -0.4 is 0 Å². The average molecular weight is 987 g/mol. The molecule has 0 atom stereocenters. The summed E-state index contributed by atoms with van der Waals surface area (Å²) in [4.78, 5) is 0. The summed E-state index contributed by atoms with van der Waals surface area (Å²) >= 11 is 0. The minimum atomic E-state index is 1.16. The number of hydrogen-bond acceptors (Lipinski definition) is 0. The van der Waals surface area contributed by atoms with Crippen molar-refractivity contribution in [3.8, 4) is 33.6 Å². The van der Waals surface area contributed by atoms with Gasteiger partial charge in [0, 0.05) is 87.1 Å². The van der Waals surface area contributed by atoms with Crippen molar-refractivity contribution in [1.29, 1.82) is 0 Å². The molecule has 358 valence electrons. The molecule has 0 spiro atoms. The van der Waals surface area contributed by atoms with Crippen LogP contribution in [-0.4, -0.2) is 17.9 Å². The lowest BCUT2D eigenvalue weighted by Gasteiger charge is -2.13. The van der Waals surface area contributed by atoms with Crippen LogP contribution in [0.2, 0.25) is 0 Å². The Morgan fingerprint density at radius 2 is 0.679 bits per heavy atom. The number of fused-ring (bicyclic) bond motifs is 22. The van der Waals surface area contributed by atoms with E-state index in [4.69, 9.17) is 0 Å². The van der Waals surface area contributed by atoms with Gasteiger partial charge in [-0.05, 0) is 118 Å². The third-order valence-electron chi connectivity index (χ3n) is 17.7. The summed E-state index contributed by atoms with van der Waals surface area (Å²) in [6.07, 6.45) is 0. The normalized spacial score (nSPS) is 12.6. The molecular formula is C74H42N4. The third kappa shape index (κ3) is 5.06. The first-order valence-electron chi connectivity index (χ1n) is 27.1. The van der Waals surface area contributed by atoms with Crippen molar-refractivity contribution in [2.45, 2.75) is 0 Å². The molecule has 0 radical (unpaired) electrons. The van der Waals surface area contributed by atoms with Crippen molar-refractivity contribution in [3.63, 3.8) is 0 Å². The second kappa shape index (κ2) is 14.7. The molecule has 4 heteroatoms. The molecule has 0 bridgehead atoms. The van der Waals surface area contributed by atoms with E-state index in [1.807, 2.05) is 0 Å². The topological polar surface area (TPSA) is 18.7 Å². The zero-order valence-corrected chi connectivity index (χ0v) is 42.0. The molecule has 0 amide bonds. The summed E-state index contributed by atoms with van der Waals surface area (Å²) in [5, 5.41) is 20.3. The van der Waals surface area contributed by atoms with Gasteiger partial charge in [0.25, 0.3) is 0 Å². The van der Waals surface area contributed by atoms with Crippen molar-refractivity contribution in [2.24, 2.45) is 0 Å². The van der Waals surface area contributed by atoms with E-state index >= 15 is 0 Å². The van der Waals surface area contributed by atoms with Gasteiger partial charge in [0.1, 0.15) is 0 Å². The van der Waals surface area contributed by atoms with Gasteiger partial charge >= 0.3 is 0 Å². The van der Waals surface area contributed by atoms with Crippen LogP contribution in [0.3, 0.4) is 0 Å². The van der Waals surface area contributed by atoms with E-state index in [9.17, 15) is 0 Å². The van der Waals surface area contributed by atoms with Crippen LogP contribution in [0.25, 0.3) is 175 Å². The number of rotatable bonds is 4. The number of benzene rings is 13. The van der Waals surface area contributed by atoms with Crippen LogP contribution in [-0.2, 0) is 0 Å². The minimum absolute atomic E-state index is 1.16. The Labute approximate surface area is 445 Å². The van der Waals surface area contributed by atoms with E-state index in [2.05, 4.69) is 273 Å². The molecular weight excluding hydrogens is 945 g/mol. The van der Waals surface area contributed by atoms with Crippen LogP contribution >= 0.6 is 0 Å². The van der Waals surface area contributed by atoms with Crippen LogP contribution in [0.1, 0.15) is 0 Å². The fourth-order valence-electron chi connectivity index (χ4n) is 14.7. The smallest absolute Gasteiger partial charge is 0.0627 e. The molecule has 0 aliphatic heterocycles. The summed E-state index contributed by atoms with van der Waals surface area (Å²) < 4.78 is 10.1. The van der Waals surface area contributed by atoms with Gasteiger partial charge in [-0.3, -0.25) is 0 Å². The molecule has 0 saturated carbocycles. The Bertz CT molecular complexity index is 5790. The molecule has 0 N–H and O–H groups in total. The van der Waals surface area contributed by atoms with Crippen LogP contribution in [0.15, 0.2) is 255 Å². The predicted molar refractivity (Wildman–Crippen MR) is 330 cm³/mol. The van der Waals surface area contributed by atoms with Gasteiger partial charge in [-0.1, -0.05) is 170 Å². The minimum Gasteiger partial charge on any atom is -0.309 e. The molecule has 0 unspecified atom stereocenters. The summed E-state index contributed by atoms with van der Waals surface area (Å²) in [5.74, 6) is 0. The van der Waals surface area contributed by atoms with Crippen molar-refractivity contribution in [1.82, 2.24) is 17.9 Å². The Hall–Kier alpha value is -10.4. The molecule has 19 rings (SSSR count). The summed E-state index contributed by atoms with van der Waals surface area (Å²) in [6, 6.07) is 95.3. The fraction of sp³-hybridized carbons (Fsp3) is 0. The highest BCUT2D eigenvalue weighted by Gasteiger charge is 2.28. The standard InChI is InChI=1S/C74H42N4/c1-3-19-47(20-4-1)75-61-31-13-11-25-52(61)57-39-45(33-35-63(57)75)51-27-15-29-55-68-50-24-10-8-18-44(50)41-60-70-66(77(71(51)55)74(60)68)38-37-65-69(70)56-30-16-28-54-59-40-43-17-7-9-23-49(43)67(73(59)78(65)72(54)56)46-34-36-64-58(42-46)53-26-12-14-32-62(53)76(64)48-21-5-2-6-22-48/h1-42H. The van der Waals surface area contributed by atoms with E-state index in [0.717, 1.165) is 11.4 Å². The van der Waals surface area contributed by atoms with E-state index in [-0.39, 0.29) is 0 Å². The Balaban J connectivity index is 0.930. The lowest BCUT2D eigenvalue weighted by molar-refractivity contribution is 1.18. The lowest BCUT2D eigenvalue weighted by atomic mass is 9.93. The van der Waals surface area contributed by atoms with Crippen molar-refractivity contribution in [2.75, 3.05) is 0 Å². The summed E-state index contributed by atoms with van der Waals surface area (Å²) in [6.45, 7) is 0. The van der Waals surface area contributed by atoms with E-state index < -0.39 is 0 Å². The van der Waals surface area contributed by atoms with Gasteiger partial charge in [0.15, 0.2) is 0 Å². The molecule has 19 aromatic rings. The molecule has 0 aliphatic rings. The van der Waals surface area contributed by atoms with E-state index in [1.54, 1.807) is 0 Å². The molecule has 6 heterocycles. The average Bonchev–Trinajstić information content (AvgIpc) is 3.64. The Morgan fingerprint density at radius 3 is 1.36 bits per heavy atom. The maximum Gasteiger partial charge on any atom is 0.0627 e. The van der Waals surface area contributed by atoms with Gasteiger partial charge in [-0.25, -0.2) is 0 Å². The molecule has 0 saturated heterocycles. The van der Waals surface area contributed by atoms with Gasteiger partial charge < -0.3 is 17.9 Å². The molecule has 0 fully saturated rings. The van der Waals surface area contributed by atoms with Gasteiger partial charge in [-0.2, -0.15) is 0 Å². The van der Waals surface area contributed by atoms with Crippen molar-refractivity contribution in [3.05, 3.63) is 255 Å². The van der Waals surface area contributed by atoms with E-state index in [1.165, 1.54) is 164 Å². The van der Waals surface area contributed by atoms with Gasteiger partial charge in [-0.15, -0.1) is 0 Å². The second-order valence-corrected chi connectivity index (χ2v) is 21.5. The Morgan fingerprint density at radius 1 is 0.218 bits per heavy atom. The number of para-hydroxylation sites is 6. The maximum absolute atomic E-state index is 2.63. The number of hydrogen-bond donors (Lipinski definition) is 0. The van der Waals surface area contributed by atoms with Gasteiger partial charge in [0.05, 0.1) is 55.2 Å². The van der Waals surface area contributed by atoms with Crippen LogP contribution in [0.4, 0.5) is 0 Å². The van der Waals surface area contributed by atoms with Gasteiger partial charge in [0.2, 0.25) is 0 Å². The van der Waals surface area contributed by atoms with Crippen molar-refractivity contribution < 1.29 is 0 Å². The zero-order valence-electron chi connectivity index (χ0n) is 42.0. The zero-order chi connectivity index (χ0) is 50.5. The number of aromatic nitrogens is 4. The maximum atomic E-state index is 2.63. The lowest BCUT2D eigenvalue weighted by Crippen LogP contribution is -1.93. The van der Waals surface area contributed by atoms with Crippen molar-refractivity contribution >= 4 is 141 Å². The molecule has 6 aromatic heterocycles. The highest BCUT2D eigenvalue weighted by atomic mass is 15.0. The second-order valence-electron chi connectivity index (χ2n) is 21.5. The fourth-order valence-corrected chi connectivity index (χ4v) is 14.7. The quantitative estimate of drug-likeness (QED) is 0.167. The molecule has 13 aromatic carbocycles. The first-order chi connectivity index (χ1) is 38.7. The highest BCUT2D eigenvalue weighted by molar-refractivity contribution is 6.39. The van der Waals surface area contributed by atoms with Crippen LogP contribution in [0, 0.1) is 0 Å². The molecule has 4 nitrogen and oxygen atoms in total. The monoisotopic (exact) mass is 986 g/mol. The third-order valence-corrected chi connectivity index (χ3v) is 17.7. The van der Waals surface area contributed by atoms with Crippen LogP contribution in [0.5, 0.6) is 0 Å².